The molecule has 0 spiro atoms. The summed E-state index contributed by atoms with van der Waals surface area (Å²) in [7, 11) is 0. The minimum atomic E-state index is -1.09. The van der Waals surface area contributed by atoms with E-state index in [1.165, 1.54) is 18.2 Å². The zero-order chi connectivity index (χ0) is 15.3. The minimum Gasteiger partial charge on any atom is -0.478 e. The number of halogens is 1. The monoisotopic (exact) mass is 298 g/mol. The number of benzene rings is 1. The van der Waals surface area contributed by atoms with Gasteiger partial charge in [-0.05, 0) is 30.5 Å². The first-order valence-corrected chi connectivity index (χ1v) is 6.82. The van der Waals surface area contributed by atoms with Crippen LogP contribution < -0.4 is 10.6 Å². The summed E-state index contributed by atoms with van der Waals surface area (Å²) in [6.07, 6.45) is 0.820. The smallest absolute Gasteiger partial charge is 0.335 e. The zero-order valence-electron chi connectivity index (χ0n) is 11.7. The van der Waals surface area contributed by atoms with Crippen molar-refractivity contribution in [2.75, 3.05) is 5.32 Å². The summed E-state index contributed by atoms with van der Waals surface area (Å²) in [6, 6.07) is 3.89. The molecule has 6 heteroatoms. The lowest BCUT2D eigenvalue weighted by Crippen LogP contribution is -2.40. The van der Waals surface area contributed by atoms with Crippen LogP contribution in [0.15, 0.2) is 18.2 Å². The first-order valence-electron chi connectivity index (χ1n) is 6.44. The van der Waals surface area contributed by atoms with Crippen molar-refractivity contribution >= 4 is 29.3 Å². The molecule has 0 fully saturated rings. The normalized spacial score (nSPS) is 12.1. The fraction of sp³-hybridized carbons (Fsp3) is 0.429. The van der Waals surface area contributed by atoms with Crippen LogP contribution in [0.25, 0.3) is 0 Å². The van der Waals surface area contributed by atoms with Crippen molar-refractivity contribution in [3.8, 4) is 0 Å². The van der Waals surface area contributed by atoms with Gasteiger partial charge in [0.2, 0.25) is 0 Å². The van der Waals surface area contributed by atoms with Crippen molar-refractivity contribution < 1.29 is 14.7 Å². The van der Waals surface area contributed by atoms with Crippen molar-refractivity contribution in [3.63, 3.8) is 0 Å². The van der Waals surface area contributed by atoms with Crippen LogP contribution in [0.3, 0.4) is 0 Å². The maximum absolute atomic E-state index is 11.9. The van der Waals surface area contributed by atoms with Crippen molar-refractivity contribution in [1.29, 1.82) is 0 Å². The average molecular weight is 299 g/mol. The molecule has 1 unspecified atom stereocenters. The van der Waals surface area contributed by atoms with E-state index in [4.69, 9.17) is 16.7 Å². The summed E-state index contributed by atoms with van der Waals surface area (Å²) in [4.78, 5) is 22.8. The van der Waals surface area contributed by atoms with Gasteiger partial charge in [-0.1, -0.05) is 32.4 Å². The largest absolute Gasteiger partial charge is 0.478 e. The predicted octanol–water partition coefficient (Wildman–Crippen LogP) is 3.59. The molecule has 3 N–H and O–H groups in total. The quantitative estimate of drug-likeness (QED) is 0.777. The van der Waals surface area contributed by atoms with E-state index in [9.17, 15) is 9.59 Å². The lowest BCUT2D eigenvalue weighted by Gasteiger charge is -2.21. The van der Waals surface area contributed by atoms with E-state index >= 15 is 0 Å². The number of amides is 2. The Kier molecular flexibility index (Phi) is 5.82. The highest BCUT2D eigenvalue weighted by atomic mass is 35.5. The number of carboxylic acid groups (broad SMARTS) is 1. The molecule has 5 nitrogen and oxygen atoms in total. The molecule has 1 atom stereocenters. The Morgan fingerprint density at radius 1 is 1.30 bits per heavy atom. The molecule has 0 heterocycles. The number of carbonyl (C=O) groups is 2. The van der Waals surface area contributed by atoms with Crippen LogP contribution >= 0.6 is 11.6 Å². The van der Waals surface area contributed by atoms with Gasteiger partial charge < -0.3 is 15.7 Å². The van der Waals surface area contributed by atoms with Crippen molar-refractivity contribution in [2.45, 2.75) is 33.2 Å². The van der Waals surface area contributed by atoms with Gasteiger partial charge in [-0.3, -0.25) is 0 Å². The summed E-state index contributed by atoms with van der Waals surface area (Å²) in [5.74, 6) is -0.774. The Morgan fingerprint density at radius 3 is 2.45 bits per heavy atom. The molecule has 0 saturated heterocycles. The summed E-state index contributed by atoms with van der Waals surface area (Å²) in [5, 5.41) is 14.6. The number of carboxylic acids is 1. The molecule has 0 aromatic heterocycles. The summed E-state index contributed by atoms with van der Waals surface area (Å²) >= 11 is 5.83. The van der Waals surface area contributed by atoms with E-state index in [-0.39, 0.29) is 22.7 Å². The molecule has 0 saturated carbocycles. The van der Waals surface area contributed by atoms with Crippen LogP contribution in [0.1, 0.15) is 37.6 Å². The van der Waals surface area contributed by atoms with Crippen molar-refractivity contribution in [3.05, 3.63) is 28.8 Å². The van der Waals surface area contributed by atoms with Gasteiger partial charge in [0.05, 0.1) is 5.56 Å². The highest BCUT2D eigenvalue weighted by molar-refractivity contribution is 6.31. The Bertz CT molecular complexity index is 503. The first kappa shape index (κ1) is 16.3. The Balaban J connectivity index is 2.78. The molecular formula is C14H19ClN2O3. The van der Waals surface area contributed by atoms with Crippen molar-refractivity contribution in [1.82, 2.24) is 5.32 Å². The predicted molar refractivity (Wildman–Crippen MR) is 79.5 cm³/mol. The zero-order valence-corrected chi connectivity index (χ0v) is 12.5. The van der Waals surface area contributed by atoms with E-state index in [1.54, 1.807) is 0 Å². The van der Waals surface area contributed by atoms with Gasteiger partial charge in [-0.2, -0.15) is 0 Å². The molecule has 0 aliphatic heterocycles. The lowest BCUT2D eigenvalue weighted by molar-refractivity contribution is 0.0697. The maximum Gasteiger partial charge on any atom is 0.335 e. The van der Waals surface area contributed by atoms with Crippen LogP contribution in [0.5, 0.6) is 0 Å². The minimum absolute atomic E-state index is 0.0312. The maximum atomic E-state index is 11.9. The summed E-state index contributed by atoms with van der Waals surface area (Å²) in [6.45, 7) is 6.04. The topological polar surface area (TPSA) is 78.4 Å². The molecule has 1 aromatic rings. The second kappa shape index (κ2) is 7.14. The van der Waals surface area contributed by atoms with Crippen LogP contribution in [-0.4, -0.2) is 23.1 Å². The lowest BCUT2D eigenvalue weighted by atomic mass is 10.0. The van der Waals surface area contributed by atoms with Crippen LogP contribution in [0.4, 0.5) is 10.5 Å². The third-order valence-corrected chi connectivity index (χ3v) is 3.18. The number of aromatic carboxylic acids is 1. The molecule has 0 aliphatic rings. The fourth-order valence-electron chi connectivity index (χ4n) is 1.86. The molecular weight excluding hydrogens is 280 g/mol. The van der Waals surface area contributed by atoms with Crippen LogP contribution in [-0.2, 0) is 0 Å². The number of hydrogen-bond acceptors (Lipinski definition) is 2. The van der Waals surface area contributed by atoms with E-state index < -0.39 is 5.97 Å². The van der Waals surface area contributed by atoms with E-state index in [2.05, 4.69) is 10.6 Å². The van der Waals surface area contributed by atoms with E-state index in [0.29, 0.717) is 11.6 Å². The number of nitrogens with one attached hydrogen (secondary N) is 2. The SMILES string of the molecule is CCC(NC(=O)Nc1cc(Cl)cc(C(=O)O)c1)C(C)C. The number of hydrogen-bond donors (Lipinski definition) is 3. The van der Waals surface area contributed by atoms with E-state index in [1.807, 2.05) is 20.8 Å². The van der Waals surface area contributed by atoms with Crippen LogP contribution in [0.2, 0.25) is 5.02 Å². The second-order valence-electron chi connectivity index (χ2n) is 4.89. The Hall–Kier alpha value is -1.75. The highest BCUT2D eigenvalue weighted by Crippen LogP contribution is 2.19. The molecule has 2 amide bonds. The van der Waals surface area contributed by atoms with E-state index in [0.717, 1.165) is 6.42 Å². The standard InChI is InChI=1S/C14H19ClN2O3/c1-4-12(8(2)3)17-14(20)16-11-6-9(13(18)19)5-10(15)7-11/h5-8,12H,4H2,1-3H3,(H,18,19)(H2,16,17,20). The van der Waals surface area contributed by atoms with Gasteiger partial charge in [0.15, 0.2) is 0 Å². The molecule has 0 aliphatic carbocycles. The van der Waals surface area contributed by atoms with Gasteiger partial charge >= 0.3 is 12.0 Å². The highest BCUT2D eigenvalue weighted by Gasteiger charge is 2.14. The molecule has 0 bridgehead atoms. The number of anilines is 1. The van der Waals surface area contributed by atoms with Crippen molar-refractivity contribution in [2.24, 2.45) is 5.92 Å². The average Bonchev–Trinajstić information content (AvgIpc) is 2.34. The molecule has 20 heavy (non-hydrogen) atoms. The third kappa shape index (κ3) is 4.74. The second-order valence-corrected chi connectivity index (χ2v) is 5.33. The summed E-state index contributed by atoms with van der Waals surface area (Å²) in [5.41, 5.74) is 0.384. The van der Waals surface area contributed by atoms with Gasteiger partial charge in [0, 0.05) is 16.8 Å². The number of carbonyl (C=O) groups excluding carboxylic acids is 1. The fourth-order valence-corrected chi connectivity index (χ4v) is 2.10. The van der Waals surface area contributed by atoms with Gasteiger partial charge in [0.25, 0.3) is 0 Å². The Labute approximate surface area is 123 Å². The first-order chi connectivity index (χ1) is 9.33. The number of rotatable bonds is 5. The van der Waals surface area contributed by atoms with Gasteiger partial charge in [0.1, 0.15) is 0 Å². The third-order valence-electron chi connectivity index (χ3n) is 2.96. The van der Waals surface area contributed by atoms with Gasteiger partial charge in [-0.25, -0.2) is 9.59 Å². The molecule has 110 valence electrons. The van der Waals surface area contributed by atoms with Crippen LogP contribution in [0, 0.1) is 5.92 Å². The van der Waals surface area contributed by atoms with Gasteiger partial charge in [-0.15, -0.1) is 0 Å². The summed E-state index contributed by atoms with van der Waals surface area (Å²) < 4.78 is 0. The Morgan fingerprint density at radius 2 is 1.95 bits per heavy atom. The number of urea groups is 1. The molecule has 1 aromatic carbocycles. The molecule has 1 rings (SSSR count). The molecule has 0 radical (unpaired) electrons.